The summed E-state index contributed by atoms with van der Waals surface area (Å²) in [6.45, 7) is 2.10. The van der Waals surface area contributed by atoms with Crippen LogP contribution in [0, 0.1) is 0 Å². The van der Waals surface area contributed by atoms with E-state index in [1.165, 1.54) is 16.9 Å². The molecule has 4 rings (SSSR count). The van der Waals surface area contributed by atoms with Gasteiger partial charge in [-0.25, -0.2) is 25.2 Å². The highest BCUT2D eigenvalue weighted by Crippen LogP contribution is 2.27. The number of nitrogens with one attached hydrogen (secondary N) is 4. The van der Waals surface area contributed by atoms with Gasteiger partial charge < -0.3 is 15.7 Å². The number of nitrogens with zero attached hydrogens (tertiary/aromatic N) is 2. The molecule has 0 saturated carbocycles. The summed E-state index contributed by atoms with van der Waals surface area (Å²) in [4.78, 5) is 42.8. The van der Waals surface area contributed by atoms with Gasteiger partial charge in [-0.1, -0.05) is 0 Å². The molecule has 0 atom stereocenters. The van der Waals surface area contributed by atoms with Crippen LogP contribution in [0.1, 0.15) is 18.1 Å². The van der Waals surface area contributed by atoms with Crippen LogP contribution in [0.15, 0.2) is 36.4 Å². The second-order valence-corrected chi connectivity index (χ2v) is 6.80. The van der Waals surface area contributed by atoms with Crippen LogP contribution in [0.4, 0.5) is 21.0 Å². The van der Waals surface area contributed by atoms with E-state index < -0.39 is 5.97 Å². The van der Waals surface area contributed by atoms with Crippen molar-refractivity contribution in [2.75, 3.05) is 24.7 Å². The van der Waals surface area contributed by atoms with Gasteiger partial charge in [0.2, 0.25) is 0 Å². The molecule has 32 heavy (non-hydrogen) atoms. The Morgan fingerprint density at radius 2 is 1.47 bits per heavy atom. The van der Waals surface area contributed by atoms with Crippen molar-refractivity contribution in [3.05, 3.63) is 47.5 Å². The fourth-order valence-corrected chi connectivity index (χ4v) is 3.03. The third-order valence-corrected chi connectivity index (χ3v) is 4.59. The van der Waals surface area contributed by atoms with Crippen molar-refractivity contribution in [2.45, 2.75) is 20.0 Å². The van der Waals surface area contributed by atoms with Crippen LogP contribution >= 0.6 is 0 Å². The van der Waals surface area contributed by atoms with E-state index in [4.69, 9.17) is 4.89 Å². The number of hydrogen-bond donors (Lipinski definition) is 5. The molecule has 2 aromatic rings. The van der Waals surface area contributed by atoms with Gasteiger partial charge in [-0.05, 0) is 36.4 Å². The van der Waals surface area contributed by atoms with Crippen LogP contribution in [-0.2, 0) is 22.8 Å². The Morgan fingerprint density at radius 1 is 0.938 bits per heavy atom. The average molecular weight is 444 g/mol. The number of amides is 4. The van der Waals surface area contributed by atoms with Crippen molar-refractivity contribution in [1.29, 1.82) is 0 Å². The third kappa shape index (κ3) is 5.36. The van der Waals surface area contributed by atoms with Crippen LogP contribution in [0.2, 0.25) is 0 Å². The smallest absolute Gasteiger partial charge is 0.352 e. The minimum absolute atomic E-state index is 0.189. The summed E-state index contributed by atoms with van der Waals surface area (Å²) >= 11 is 0. The van der Waals surface area contributed by atoms with E-state index in [2.05, 4.69) is 26.4 Å². The minimum atomic E-state index is -0.530. The van der Waals surface area contributed by atoms with Gasteiger partial charge in [0.05, 0.1) is 13.1 Å². The maximum Gasteiger partial charge on any atom is 0.352 e. The van der Waals surface area contributed by atoms with Gasteiger partial charge in [-0.3, -0.25) is 19.8 Å². The topological polar surface area (TPSA) is 144 Å². The fraction of sp³-hybridized carbons (Fsp3) is 0.250. The van der Waals surface area contributed by atoms with Crippen molar-refractivity contribution in [1.82, 2.24) is 20.9 Å². The Balaban J connectivity index is 0.000000186. The monoisotopic (exact) mass is 444 g/mol. The summed E-state index contributed by atoms with van der Waals surface area (Å²) in [5.41, 5.74) is 8.72. The molecule has 4 amide bonds. The van der Waals surface area contributed by atoms with Crippen molar-refractivity contribution in [2.24, 2.45) is 0 Å². The number of carbonyl (C=O) groups is 3. The number of anilines is 2. The number of hydrazine groups is 2. The van der Waals surface area contributed by atoms with E-state index >= 15 is 0 Å². The standard InChI is InChI=1S/C11H13N3O4.C9H11N3O2/c1-7(15)17-18-9-3-4-10-8(5-9)6-14(12-2)11(16)13-10;1-10-12-5-6-4-7(13)2-3-8(6)11-9(12)14/h3-5,12H,6H2,1-2H3,(H,13,16);2-4,10,13H,5H2,1H3,(H,11,14). The molecule has 2 aliphatic rings. The number of phenolic OH excluding ortho intramolecular Hbond substituents is 1. The van der Waals surface area contributed by atoms with Crippen LogP contribution < -0.4 is 26.4 Å². The van der Waals surface area contributed by atoms with Gasteiger partial charge in [0.15, 0.2) is 5.75 Å². The quantitative estimate of drug-likeness (QED) is 0.273. The van der Waals surface area contributed by atoms with Gasteiger partial charge in [0, 0.05) is 43.5 Å². The van der Waals surface area contributed by atoms with E-state index in [9.17, 15) is 19.5 Å². The summed E-state index contributed by atoms with van der Waals surface area (Å²) < 4.78 is 0. The molecule has 2 heterocycles. The molecule has 5 N–H and O–H groups in total. The van der Waals surface area contributed by atoms with Gasteiger partial charge in [-0.15, -0.1) is 0 Å². The number of carbonyl (C=O) groups excluding carboxylic acids is 3. The largest absolute Gasteiger partial charge is 0.508 e. The van der Waals surface area contributed by atoms with E-state index in [-0.39, 0.29) is 17.8 Å². The summed E-state index contributed by atoms with van der Waals surface area (Å²) in [5, 5.41) is 17.5. The summed E-state index contributed by atoms with van der Waals surface area (Å²) in [7, 11) is 3.33. The molecule has 2 aromatic carbocycles. The lowest BCUT2D eigenvalue weighted by molar-refractivity contribution is -0.210. The molecule has 0 spiro atoms. The zero-order valence-electron chi connectivity index (χ0n) is 17.8. The molecule has 0 saturated heterocycles. The number of hydrogen-bond acceptors (Lipinski definition) is 8. The van der Waals surface area contributed by atoms with Crippen LogP contribution in [0.25, 0.3) is 0 Å². The van der Waals surface area contributed by atoms with Gasteiger partial charge >= 0.3 is 18.0 Å². The molecule has 0 radical (unpaired) electrons. The highest BCUT2D eigenvalue weighted by molar-refractivity contribution is 5.92. The highest BCUT2D eigenvalue weighted by Gasteiger charge is 2.22. The Bertz CT molecular complexity index is 1030. The average Bonchev–Trinajstić information content (AvgIpc) is 2.77. The first-order valence-corrected chi connectivity index (χ1v) is 9.62. The van der Waals surface area contributed by atoms with E-state index in [1.54, 1.807) is 50.5 Å². The summed E-state index contributed by atoms with van der Waals surface area (Å²) in [5.74, 6) is 0.0741. The predicted octanol–water partition coefficient (Wildman–Crippen LogP) is 1.90. The molecule has 0 aliphatic carbocycles. The molecule has 0 fully saturated rings. The maximum absolute atomic E-state index is 11.5. The first-order chi connectivity index (χ1) is 15.3. The molecule has 12 heteroatoms. The van der Waals surface area contributed by atoms with Crippen LogP contribution in [0.5, 0.6) is 11.5 Å². The number of phenols is 1. The van der Waals surface area contributed by atoms with Gasteiger partial charge in [0.25, 0.3) is 0 Å². The minimum Gasteiger partial charge on any atom is -0.508 e. The normalized spacial score (nSPS) is 14.2. The van der Waals surface area contributed by atoms with E-state index in [1.807, 2.05) is 0 Å². The van der Waals surface area contributed by atoms with E-state index in [0.29, 0.717) is 24.5 Å². The molecular formula is C20H24N6O6. The Morgan fingerprint density at radius 3 is 2.00 bits per heavy atom. The zero-order valence-corrected chi connectivity index (χ0v) is 17.8. The Hall–Kier alpha value is -4.03. The molecule has 170 valence electrons. The second-order valence-electron chi connectivity index (χ2n) is 6.80. The number of aromatic hydroxyl groups is 1. The first-order valence-electron chi connectivity index (χ1n) is 9.62. The summed E-state index contributed by atoms with van der Waals surface area (Å²) in [6, 6.07) is 9.46. The molecule has 2 aliphatic heterocycles. The second kappa shape index (κ2) is 9.85. The van der Waals surface area contributed by atoms with Crippen molar-refractivity contribution >= 4 is 29.4 Å². The Kier molecular flexibility index (Phi) is 6.97. The lowest BCUT2D eigenvalue weighted by atomic mass is 10.1. The molecule has 0 bridgehead atoms. The van der Waals surface area contributed by atoms with Gasteiger partial charge in [-0.2, -0.15) is 0 Å². The number of rotatable bonds is 4. The lowest BCUT2D eigenvalue weighted by Crippen LogP contribution is -2.45. The highest BCUT2D eigenvalue weighted by atomic mass is 17.2. The molecule has 0 unspecified atom stereocenters. The lowest BCUT2D eigenvalue weighted by Gasteiger charge is -2.28. The van der Waals surface area contributed by atoms with Crippen molar-refractivity contribution < 1.29 is 29.3 Å². The molecule has 0 aromatic heterocycles. The zero-order chi connectivity index (χ0) is 23.3. The van der Waals surface area contributed by atoms with Crippen LogP contribution in [-0.4, -0.2) is 47.3 Å². The molecular weight excluding hydrogens is 420 g/mol. The Labute approximate surface area is 183 Å². The maximum atomic E-state index is 11.5. The predicted molar refractivity (Wildman–Crippen MR) is 114 cm³/mol. The number of fused-ring (bicyclic) bond motifs is 2. The van der Waals surface area contributed by atoms with Crippen molar-refractivity contribution in [3.8, 4) is 11.5 Å². The van der Waals surface area contributed by atoms with Crippen LogP contribution in [0.3, 0.4) is 0 Å². The third-order valence-electron chi connectivity index (χ3n) is 4.59. The molecule has 12 nitrogen and oxygen atoms in total. The number of benzene rings is 2. The van der Waals surface area contributed by atoms with E-state index in [0.717, 1.165) is 16.8 Å². The fourth-order valence-electron chi connectivity index (χ4n) is 3.03. The first kappa shape index (κ1) is 22.7. The SMILES string of the molecule is CNN1Cc2cc(O)ccc2NC1=O.CNN1Cc2cc(OOC(C)=O)ccc2NC1=O. The summed E-state index contributed by atoms with van der Waals surface area (Å²) in [6.07, 6.45) is 0. The number of urea groups is 2. The van der Waals surface area contributed by atoms with Crippen molar-refractivity contribution in [3.63, 3.8) is 0 Å². The van der Waals surface area contributed by atoms with Gasteiger partial charge in [0.1, 0.15) is 5.75 Å².